The van der Waals surface area contributed by atoms with Gasteiger partial charge in [-0.25, -0.2) is 4.98 Å². The summed E-state index contributed by atoms with van der Waals surface area (Å²) >= 11 is 1.51. The fourth-order valence-electron chi connectivity index (χ4n) is 2.87. The van der Waals surface area contributed by atoms with Gasteiger partial charge in [0.1, 0.15) is 6.10 Å². The fourth-order valence-corrected chi connectivity index (χ4v) is 3.84. The second-order valence-corrected chi connectivity index (χ2v) is 6.95. The Morgan fingerprint density at radius 1 is 1.45 bits per heavy atom. The van der Waals surface area contributed by atoms with Crippen molar-refractivity contribution in [2.75, 3.05) is 5.32 Å². The maximum absolute atomic E-state index is 12.4. The Morgan fingerprint density at radius 3 is 2.95 bits per heavy atom. The number of aryl methyl sites for hydroxylation is 1. The Hall–Kier alpha value is -1.46. The number of amides is 1. The van der Waals surface area contributed by atoms with Crippen LogP contribution < -0.4 is 5.32 Å². The van der Waals surface area contributed by atoms with Crippen molar-refractivity contribution in [3.05, 3.63) is 23.8 Å². The van der Waals surface area contributed by atoms with Crippen LogP contribution in [-0.2, 0) is 9.53 Å². The zero-order valence-corrected chi connectivity index (χ0v) is 13.9. The number of benzene rings is 1. The van der Waals surface area contributed by atoms with Gasteiger partial charge in [0.25, 0.3) is 5.91 Å². The second-order valence-electron chi connectivity index (χ2n) is 5.92. The molecule has 0 spiro atoms. The summed E-state index contributed by atoms with van der Waals surface area (Å²) in [5.74, 6) is -0.0785. The van der Waals surface area contributed by atoms with Crippen LogP contribution in [0, 0.1) is 6.92 Å². The Kier molecular flexibility index (Phi) is 4.74. The second kappa shape index (κ2) is 6.75. The highest BCUT2D eigenvalue weighted by molar-refractivity contribution is 7.22. The van der Waals surface area contributed by atoms with Crippen molar-refractivity contribution in [1.82, 2.24) is 4.98 Å². The molecule has 1 heterocycles. The third-order valence-corrected chi connectivity index (χ3v) is 5.03. The summed E-state index contributed by atoms with van der Waals surface area (Å²) in [5, 5.41) is 3.57. The molecule has 2 aromatic rings. The van der Waals surface area contributed by atoms with Crippen molar-refractivity contribution in [1.29, 1.82) is 0 Å². The number of nitrogens with one attached hydrogen (secondary N) is 1. The number of rotatable bonds is 5. The van der Waals surface area contributed by atoms with Gasteiger partial charge in [-0.2, -0.15) is 0 Å². The molecule has 22 heavy (non-hydrogen) atoms. The topological polar surface area (TPSA) is 51.2 Å². The van der Waals surface area contributed by atoms with E-state index in [1.54, 1.807) is 0 Å². The van der Waals surface area contributed by atoms with E-state index in [0.29, 0.717) is 11.6 Å². The van der Waals surface area contributed by atoms with E-state index in [2.05, 4.69) is 23.3 Å². The minimum Gasteiger partial charge on any atom is -0.365 e. The Bertz CT molecular complexity index is 662. The van der Waals surface area contributed by atoms with Crippen molar-refractivity contribution in [2.24, 2.45) is 0 Å². The Morgan fingerprint density at radius 2 is 2.23 bits per heavy atom. The molecule has 0 radical (unpaired) electrons. The predicted molar refractivity (Wildman–Crippen MR) is 90.4 cm³/mol. The van der Waals surface area contributed by atoms with Crippen molar-refractivity contribution >= 4 is 32.6 Å². The molecule has 0 aliphatic heterocycles. The standard InChI is InChI=1S/C17H22N2O2S/c1-3-14(21-12-6-4-5-7-12)16(20)19-17-18-13-9-8-11(2)10-15(13)22-17/h8-10,12,14H,3-7H2,1-2H3,(H,18,19,20). The van der Waals surface area contributed by atoms with Gasteiger partial charge in [0.15, 0.2) is 5.13 Å². The summed E-state index contributed by atoms with van der Waals surface area (Å²) < 4.78 is 7.05. The minimum absolute atomic E-state index is 0.0785. The molecule has 1 aromatic carbocycles. The zero-order valence-electron chi connectivity index (χ0n) is 13.1. The fraction of sp³-hybridized carbons (Fsp3) is 0.529. The molecule has 1 unspecified atom stereocenters. The van der Waals surface area contributed by atoms with Crippen LogP contribution in [0.3, 0.4) is 0 Å². The Labute approximate surface area is 134 Å². The molecule has 118 valence electrons. The van der Waals surface area contributed by atoms with Crippen molar-refractivity contribution in [3.8, 4) is 0 Å². The summed E-state index contributed by atoms with van der Waals surface area (Å²) in [7, 11) is 0. The number of carbonyl (C=O) groups is 1. The highest BCUT2D eigenvalue weighted by atomic mass is 32.1. The monoisotopic (exact) mass is 318 g/mol. The quantitative estimate of drug-likeness (QED) is 0.895. The summed E-state index contributed by atoms with van der Waals surface area (Å²) in [4.78, 5) is 16.9. The van der Waals surface area contributed by atoms with Crippen LogP contribution >= 0.6 is 11.3 Å². The van der Waals surface area contributed by atoms with Gasteiger partial charge in [0.05, 0.1) is 16.3 Å². The van der Waals surface area contributed by atoms with E-state index >= 15 is 0 Å². The van der Waals surface area contributed by atoms with E-state index in [4.69, 9.17) is 4.74 Å². The van der Waals surface area contributed by atoms with E-state index in [1.165, 1.54) is 29.7 Å². The molecule has 5 heteroatoms. The molecule has 1 atom stereocenters. The SMILES string of the molecule is CCC(OC1CCCC1)C(=O)Nc1nc2ccc(C)cc2s1. The van der Waals surface area contributed by atoms with Gasteiger partial charge in [0.2, 0.25) is 0 Å². The summed E-state index contributed by atoms with van der Waals surface area (Å²) in [6, 6.07) is 6.11. The zero-order chi connectivity index (χ0) is 15.5. The van der Waals surface area contributed by atoms with Gasteiger partial charge in [-0.3, -0.25) is 10.1 Å². The molecule has 1 amide bonds. The van der Waals surface area contributed by atoms with Crippen LogP contribution in [0.15, 0.2) is 18.2 Å². The van der Waals surface area contributed by atoms with Gasteiger partial charge in [0, 0.05) is 0 Å². The van der Waals surface area contributed by atoms with Gasteiger partial charge in [-0.05, 0) is 43.9 Å². The highest BCUT2D eigenvalue weighted by Gasteiger charge is 2.25. The van der Waals surface area contributed by atoms with Crippen LogP contribution in [0.1, 0.15) is 44.6 Å². The lowest BCUT2D eigenvalue weighted by Gasteiger charge is -2.19. The first kappa shape index (κ1) is 15.4. The van der Waals surface area contributed by atoms with Crippen molar-refractivity contribution < 1.29 is 9.53 Å². The molecule has 4 nitrogen and oxygen atoms in total. The molecule has 1 aromatic heterocycles. The highest BCUT2D eigenvalue weighted by Crippen LogP contribution is 2.27. The smallest absolute Gasteiger partial charge is 0.255 e. The maximum Gasteiger partial charge on any atom is 0.255 e. The summed E-state index contributed by atoms with van der Waals surface area (Å²) in [5.41, 5.74) is 2.13. The van der Waals surface area contributed by atoms with Crippen LogP contribution in [0.5, 0.6) is 0 Å². The lowest BCUT2D eigenvalue weighted by atomic mass is 10.2. The molecule has 1 saturated carbocycles. The molecule has 1 fully saturated rings. The molecule has 1 aliphatic rings. The number of anilines is 1. The van der Waals surface area contributed by atoms with Crippen LogP contribution in [0.25, 0.3) is 10.2 Å². The van der Waals surface area contributed by atoms with Crippen molar-refractivity contribution in [3.63, 3.8) is 0 Å². The molecular formula is C17H22N2O2S. The molecule has 1 aliphatic carbocycles. The number of nitrogens with zero attached hydrogens (tertiary/aromatic N) is 1. The van der Waals surface area contributed by atoms with Crippen LogP contribution in [0.4, 0.5) is 5.13 Å². The number of carbonyl (C=O) groups excluding carboxylic acids is 1. The lowest BCUT2D eigenvalue weighted by Crippen LogP contribution is -2.32. The molecular weight excluding hydrogens is 296 g/mol. The van der Waals surface area contributed by atoms with Crippen molar-refractivity contribution in [2.45, 2.75) is 58.2 Å². The van der Waals surface area contributed by atoms with E-state index in [0.717, 1.165) is 23.1 Å². The Balaban J connectivity index is 1.67. The van der Waals surface area contributed by atoms with Gasteiger partial charge >= 0.3 is 0 Å². The summed E-state index contributed by atoms with van der Waals surface area (Å²) in [6.07, 6.45) is 5.12. The first-order valence-electron chi connectivity index (χ1n) is 7.99. The average molecular weight is 318 g/mol. The minimum atomic E-state index is -0.378. The number of thiazole rings is 1. The van der Waals surface area contributed by atoms with Gasteiger partial charge in [-0.15, -0.1) is 0 Å². The summed E-state index contributed by atoms with van der Waals surface area (Å²) in [6.45, 7) is 4.04. The van der Waals surface area contributed by atoms with E-state index < -0.39 is 0 Å². The number of aromatic nitrogens is 1. The van der Waals surface area contributed by atoms with Crippen LogP contribution in [-0.4, -0.2) is 23.1 Å². The molecule has 1 N–H and O–H groups in total. The third kappa shape index (κ3) is 3.47. The van der Waals surface area contributed by atoms with Gasteiger partial charge in [-0.1, -0.05) is 37.2 Å². The van der Waals surface area contributed by atoms with E-state index in [1.807, 2.05) is 19.1 Å². The average Bonchev–Trinajstić information content (AvgIpc) is 3.12. The number of fused-ring (bicyclic) bond motifs is 1. The molecule has 0 saturated heterocycles. The number of hydrogen-bond donors (Lipinski definition) is 1. The lowest BCUT2D eigenvalue weighted by molar-refractivity contribution is -0.131. The first-order valence-corrected chi connectivity index (χ1v) is 8.81. The predicted octanol–water partition coefficient (Wildman–Crippen LogP) is 4.28. The van der Waals surface area contributed by atoms with E-state index in [9.17, 15) is 4.79 Å². The number of hydrogen-bond acceptors (Lipinski definition) is 4. The largest absolute Gasteiger partial charge is 0.365 e. The van der Waals surface area contributed by atoms with E-state index in [-0.39, 0.29) is 18.1 Å². The first-order chi connectivity index (χ1) is 10.7. The molecule has 3 rings (SSSR count). The molecule has 0 bridgehead atoms. The number of ether oxygens (including phenoxy) is 1. The maximum atomic E-state index is 12.4. The van der Waals surface area contributed by atoms with Gasteiger partial charge < -0.3 is 4.74 Å². The normalized spacial score (nSPS) is 17.0. The third-order valence-electron chi connectivity index (χ3n) is 4.10. The van der Waals surface area contributed by atoms with Crippen LogP contribution in [0.2, 0.25) is 0 Å².